The second-order valence-electron chi connectivity index (χ2n) is 8.05. The van der Waals surface area contributed by atoms with E-state index in [0.717, 1.165) is 12.8 Å². The van der Waals surface area contributed by atoms with Crippen molar-refractivity contribution in [2.24, 2.45) is 17.6 Å². The summed E-state index contributed by atoms with van der Waals surface area (Å²) in [5.41, 5.74) is 5.72. The molecule has 0 bridgehead atoms. The number of benzene rings is 1. The molecule has 37 heavy (non-hydrogen) atoms. The molecule has 204 valence electrons. The standard InChI is InChI=1S/C20H24N2O8.C2HF3O2/c21-8-12-4-6-13(7-5-12)18-20(26)28-16-3-1-2-14(15(24)9-22-11-23)19(16)29-17(25)10-27-30-18;3-2(4,5)1(6)7/h1-3,11-13,18H,4-10,21H2,(H,22,23);(H,6,7)/t12-,13-,18?;. The Morgan fingerprint density at radius 1 is 1.14 bits per heavy atom. The van der Waals surface area contributed by atoms with Gasteiger partial charge in [-0.25, -0.2) is 24.2 Å². The van der Waals surface area contributed by atoms with Gasteiger partial charge in [-0.1, -0.05) is 6.07 Å². The van der Waals surface area contributed by atoms with Crippen molar-refractivity contribution in [3.8, 4) is 11.5 Å². The number of para-hydroxylation sites is 1. The number of hydrogen-bond donors (Lipinski definition) is 3. The summed E-state index contributed by atoms with van der Waals surface area (Å²) in [6.45, 7) is -0.289. The number of alkyl halides is 3. The number of ketones is 1. The molecule has 4 N–H and O–H groups in total. The van der Waals surface area contributed by atoms with Crippen molar-refractivity contribution in [1.29, 1.82) is 0 Å². The largest absolute Gasteiger partial charge is 0.490 e. The Bertz CT molecular complexity index is 993. The monoisotopic (exact) mass is 534 g/mol. The number of nitrogens with one attached hydrogen (secondary N) is 1. The fourth-order valence-electron chi connectivity index (χ4n) is 3.65. The number of halogens is 3. The number of aliphatic carboxylic acids is 1. The first-order valence-electron chi connectivity index (χ1n) is 11.0. The van der Waals surface area contributed by atoms with Gasteiger partial charge in [-0.15, -0.1) is 0 Å². The maximum absolute atomic E-state index is 12.8. The fraction of sp³-hybridized carbons (Fsp3) is 0.500. The van der Waals surface area contributed by atoms with Crippen LogP contribution in [0.25, 0.3) is 0 Å². The number of rotatable bonds is 6. The van der Waals surface area contributed by atoms with Crippen LogP contribution >= 0.6 is 0 Å². The minimum Gasteiger partial charge on any atom is -0.475 e. The van der Waals surface area contributed by atoms with E-state index in [1.54, 1.807) is 0 Å². The van der Waals surface area contributed by atoms with Crippen LogP contribution in [0.15, 0.2) is 18.2 Å². The third-order valence-corrected chi connectivity index (χ3v) is 5.53. The van der Waals surface area contributed by atoms with Gasteiger partial charge in [-0.05, 0) is 56.2 Å². The Hall–Kier alpha value is -3.56. The summed E-state index contributed by atoms with van der Waals surface area (Å²) >= 11 is 0. The molecule has 3 rings (SSSR count). The van der Waals surface area contributed by atoms with Crippen molar-refractivity contribution in [1.82, 2.24) is 5.32 Å². The fourth-order valence-corrected chi connectivity index (χ4v) is 3.65. The van der Waals surface area contributed by atoms with Gasteiger partial charge in [0, 0.05) is 0 Å². The number of ether oxygens (including phenoxy) is 2. The Labute approximate surface area is 208 Å². The zero-order valence-electron chi connectivity index (χ0n) is 19.3. The van der Waals surface area contributed by atoms with Gasteiger partial charge < -0.3 is 25.6 Å². The molecule has 0 aromatic heterocycles. The number of fused-ring (bicyclic) bond motifs is 1. The van der Waals surface area contributed by atoms with Crippen LogP contribution in [0.3, 0.4) is 0 Å². The molecule has 1 aromatic carbocycles. The molecule has 1 aliphatic carbocycles. The molecule has 15 heteroatoms. The molecular formula is C22H25F3N2O10. The number of carbonyl (C=O) groups is 5. The molecule has 1 saturated carbocycles. The van der Waals surface area contributed by atoms with Crippen LogP contribution in [0.2, 0.25) is 0 Å². The second-order valence-corrected chi connectivity index (χ2v) is 8.05. The molecule has 1 atom stereocenters. The highest BCUT2D eigenvalue weighted by Crippen LogP contribution is 2.36. The second kappa shape index (κ2) is 13.7. The first-order valence-corrected chi connectivity index (χ1v) is 11.0. The lowest BCUT2D eigenvalue weighted by molar-refractivity contribution is -0.326. The molecule has 1 aliphatic heterocycles. The number of nitrogens with two attached hydrogens (primary N) is 1. The third kappa shape index (κ3) is 8.80. The summed E-state index contributed by atoms with van der Waals surface area (Å²) in [4.78, 5) is 66.9. The van der Waals surface area contributed by atoms with E-state index in [9.17, 15) is 32.3 Å². The predicted molar refractivity (Wildman–Crippen MR) is 115 cm³/mol. The topological polar surface area (TPSA) is 181 Å². The Morgan fingerprint density at radius 2 is 1.78 bits per heavy atom. The lowest BCUT2D eigenvalue weighted by atomic mass is 9.79. The van der Waals surface area contributed by atoms with Crippen LogP contribution in [-0.2, 0) is 29.0 Å². The molecule has 1 aromatic rings. The summed E-state index contributed by atoms with van der Waals surface area (Å²) < 4.78 is 42.4. The van der Waals surface area contributed by atoms with Crippen molar-refractivity contribution < 1.29 is 61.5 Å². The Morgan fingerprint density at radius 3 is 2.35 bits per heavy atom. The molecule has 1 amide bonds. The van der Waals surface area contributed by atoms with E-state index >= 15 is 0 Å². The SMILES string of the molecule is NC[C@H]1CC[C@H](C2OOCC(=O)Oc3c(cccc3C(=O)CNC=O)OC2=O)CC1.O=C(O)C(F)(F)F. The zero-order valence-corrected chi connectivity index (χ0v) is 19.3. The number of hydrogen-bond acceptors (Lipinski definition) is 10. The van der Waals surface area contributed by atoms with E-state index in [1.807, 2.05) is 0 Å². The lowest BCUT2D eigenvalue weighted by Crippen LogP contribution is -2.39. The number of carbonyl (C=O) groups excluding carboxylic acids is 4. The highest BCUT2D eigenvalue weighted by atomic mass is 19.4. The summed E-state index contributed by atoms with van der Waals surface area (Å²) in [6.07, 6.45) is -2.61. The lowest BCUT2D eigenvalue weighted by Gasteiger charge is -2.31. The minimum absolute atomic E-state index is 0.00973. The van der Waals surface area contributed by atoms with Gasteiger partial charge in [-0.2, -0.15) is 13.2 Å². The highest BCUT2D eigenvalue weighted by Gasteiger charge is 2.38. The van der Waals surface area contributed by atoms with E-state index in [4.69, 9.17) is 34.9 Å². The molecule has 1 fully saturated rings. The summed E-state index contributed by atoms with van der Waals surface area (Å²) in [5, 5.41) is 9.38. The zero-order chi connectivity index (χ0) is 27.6. The van der Waals surface area contributed by atoms with E-state index in [-0.39, 0.29) is 29.5 Å². The van der Waals surface area contributed by atoms with Gasteiger partial charge in [0.2, 0.25) is 6.41 Å². The van der Waals surface area contributed by atoms with Crippen LogP contribution in [0.4, 0.5) is 13.2 Å². The number of esters is 2. The van der Waals surface area contributed by atoms with E-state index in [0.29, 0.717) is 31.7 Å². The molecular weight excluding hydrogens is 509 g/mol. The number of carboxylic acids is 1. The molecule has 1 unspecified atom stereocenters. The van der Waals surface area contributed by atoms with Gasteiger partial charge in [0.1, 0.15) is 0 Å². The van der Waals surface area contributed by atoms with Gasteiger partial charge in [0.25, 0.3) is 0 Å². The van der Waals surface area contributed by atoms with Gasteiger partial charge in [0.05, 0.1) is 12.1 Å². The van der Waals surface area contributed by atoms with Crippen LogP contribution in [0.1, 0.15) is 36.0 Å². The average molecular weight is 534 g/mol. The van der Waals surface area contributed by atoms with Gasteiger partial charge in [0.15, 0.2) is 30.0 Å². The van der Waals surface area contributed by atoms with Crippen molar-refractivity contribution in [2.45, 2.75) is 38.0 Å². The number of carboxylic acid groups (broad SMARTS) is 1. The van der Waals surface area contributed by atoms with Crippen LogP contribution in [0, 0.1) is 11.8 Å². The third-order valence-electron chi connectivity index (χ3n) is 5.53. The number of Topliss-reactive ketones (excluding diaryl/α,β-unsaturated/α-hetero) is 1. The van der Waals surface area contributed by atoms with Crippen LogP contribution in [0.5, 0.6) is 11.5 Å². The number of amides is 1. The van der Waals surface area contributed by atoms with Crippen molar-refractivity contribution in [2.75, 3.05) is 19.7 Å². The van der Waals surface area contributed by atoms with E-state index in [2.05, 4.69) is 5.32 Å². The smallest absolute Gasteiger partial charge is 0.475 e. The predicted octanol–water partition coefficient (Wildman–Crippen LogP) is 1.15. The first kappa shape index (κ1) is 29.7. The first-order chi connectivity index (χ1) is 17.5. The molecule has 0 saturated heterocycles. The Kier molecular flexibility index (Phi) is 11.0. The molecule has 12 nitrogen and oxygen atoms in total. The maximum atomic E-state index is 12.8. The molecule has 1 heterocycles. The highest BCUT2D eigenvalue weighted by molar-refractivity contribution is 6.02. The molecule has 2 aliphatic rings. The molecule has 0 radical (unpaired) electrons. The van der Waals surface area contributed by atoms with Crippen molar-refractivity contribution in [3.63, 3.8) is 0 Å². The summed E-state index contributed by atoms with van der Waals surface area (Å²) in [7, 11) is 0. The van der Waals surface area contributed by atoms with Crippen molar-refractivity contribution >= 4 is 30.1 Å². The van der Waals surface area contributed by atoms with Crippen LogP contribution < -0.4 is 20.5 Å². The Balaban J connectivity index is 0.000000604. The maximum Gasteiger partial charge on any atom is 0.490 e. The summed E-state index contributed by atoms with van der Waals surface area (Å²) in [6, 6.07) is 4.30. The molecule has 0 spiro atoms. The van der Waals surface area contributed by atoms with E-state index < -0.39 is 42.6 Å². The van der Waals surface area contributed by atoms with Crippen LogP contribution in [-0.4, -0.2) is 67.2 Å². The minimum atomic E-state index is -5.08. The summed E-state index contributed by atoms with van der Waals surface area (Å²) in [5.74, 6) is -4.85. The van der Waals surface area contributed by atoms with Crippen molar-refractivity contribution in [3.05, 3.63) is 23.8 Å². The average Bonchev–Trinajstić information content (AvgIpc) is 2.85. The van der Waals surface area contributed by atoms with Gasteiger partial charge >= 0.3 is 24.1 Å². The van der Waals surface area contributed by atoms with Gasteiger partial charge in [-0.3, -0.25) is 9.59 Å². The normalized spacial score (nSPS) is 22.2. The quantitative estimate of drug-likeness (QED) is 0.157. The van der Waals surface area contributed by atoms with E-state index in [1.165, 1.54) is 18.2 Å².